The lowest BCUT2D eigenvalue weighted by Crippen LogP contribution is -2.58. The molecule has 0 saturated carbocycles. The van der Waals surface area contributed by atoms with Crippen LogP contribution in [0.15, 0.2) is 24.3 Å². The highest BCUT2D eigenvalue weighted by atomic mass is 16.5. The Morgan fingerprint density at radius 1 is 1.38 bits per heavy atom. The Labute approximate surface area is 122 Å². The molecule has 0 bridgehead atoms. The van der Waals surface area contributed by atoms with Crippen molar-refractivity contribution < 1.29 is 19.4 Å². The van der Waals surface area contributed by atoms with E-state index in [4.69, 9.17) is 16.2 Å². The van der Waals surface area contributed by atoms with Crippen LogP contribution in [0, 0.1) is 0 Å². The smallest absolute Gasteiger partial charge is 0.242 e. The molecule has 1 fully saturated rings. The number of hydrogen-bond acceptors (Lipinski definition) is 5. The van der Waals surface area contributed by atoms with Crippen molar-refractivity contribution in [3.63, 3.8) is 0 Å². The van der Waals surface area contributed by atoms with Gasteiger partial charge in [-0.2, -0.15) is 0 Å². The van der Waals surface area contributed by atoms with Crippen molar-refractivity contribution in [1.82, 2.24) is 4.90 Å². The Balaban J connectivity index is 2.03. The normalized spacial score (nSPS) is 20.0. The number of phenolic OH excluding ortho intramolecular Hbond substituents is 1. The minimum atomic E-state index is -0.769. The van der Waals surface area contributed by atoms with E-state index in [1.807, 2.05) is 0 Å². The highest BCUT2D eigenvalue weighted by Gasteiger charge is 2.33. The molecule has 1 aromatic rings. The molecule has 1 aromatic carbocycles. The number of ether oxygens (including phenoxy) is 1. The van der Waals surface area contributed by atoms with Crippen molar-refractivity contribution in [3.05, 3.63) is 29.8 Å². The van der Waals surface area contributed by atoms with Gasteiger partial charge in [-0.1, -0.05) is 12.1 Å². The SMILES string of the molecule is NC(=O)C1COCCN1C(=O)[C@H](N)Cc1ccc(O)cc1. The zero-order chi connectivity index (χ0) is 15.4. The largest absolute Gasteiger partial charge is 0.508 e. The van der Waals surface area contributed by atoms with Gasteiger partial charge in [0.2, 0.25) is 11.8 Å². The van der Waals surface area contributed by atoms with Gasteiger partial charge in [-0.25, -0.2) is 0 Å². The average molecular weight is 293 g/mol. The Kier molecular flexibility index (Phi) is 4.77. The summed E-state index contributed by atoms with van der Waals surface area (Å²) in [5.41, 5.74) is 12.0. The number of morpholine rings is 1. The van der Waals surface area contributed by atoms with Crippen molar-refractivity contribution in [2.75, 3.05) is 19.8 Å². The van der Waals surface area contributed by atoms with E-state index < -0.39 is 18.0 Å². The summed E-state index contributed by atoms with van der Waals surface area (Å²) in [6, 6.07) is 4.94. The number of aromatic hydroxyl groups is 1. The van der Waals surface area contributed by atoms with Crippen molar-refractivity contribution in [1.29, 1.82) is 0 Å². The molecule has 21 heavy (non-hydrogen) atoms. The molecular formula is C14H19N3O4. The molecular weight excluding hydrogens is 274 g/mol. The van der Waals surface area contributed by atoms with E-state index >= 15 is 0 Å². The zero-order valence-corrected chi connectivity index (χ0v) is 11.6. The molecule has 1 heterocycles. The molecule has 0 spiro atoms. The zero-order valence-electron chi connectivity index (χ0n) is 11.6. The first-order chi connectivity index (χ1) is 9.99. The number of carbonyl (C=O) groups excluding carboxylic acids is 2. The summed E-state index contributed by atoms with van der Waals surface area (Å²) in [4.78, 5) is 25.1. The second kappa shape index (κ2) is 6.55. The maximum atomic E-state index is 12.4. The van der Waals surface area contributed by atoms with Crippen LogP contribution in [-0.4, -0.2) is 53.7 Å². The molecule has 7 heteroatoms. The van der Waals surface area contributed by atoms with Gasteiger partial charge < -0.3 is 26.2 Å². The van der Waals surface area contributed by atoms with Gasteiger partial charge in [0.1, 0.15) is 11.8 Å². The molecule has 0 aromatic heterocycles. The van der Waals surface area contributed by atoms with Gasteiger partial charge in [0.15, 0.2) is 0 Å². The Hall–Kier alpha value is -2.12. The quantitative estimate of drug-likeness (QED) is 0.656. The molecule has 1 unspecified atom stereocenters. The number of carbonyl (C=O) groups is 2. The first kappa shape index (κ1) is 15.3. The second-order valence-electron chi connectivity index (χ2n) is 5.00. The summed E-state index contributed by atoms with van der Waals surface area (Å²) >= 11 is 0. The summed E-state index contributed by atoms with van der Waals surface area (Å²) in [7, 11) is 0. The van der Waals surface area contributed by atoms with Crippen LogP contribution in [0.2, 0.25) is 0 Å². The topological polar surface area (TPSA) is 119 Å². The van der Waals surface area contributed by atoms with Crippen molar-refractivity contribution in [2.45, 2.75) is 18.5 Å². The van der Waals surface area contributed by atoms with Gasteiger partial charge in [0, 0.05) is 6.54 Å². The molecule has 1 aliphatic rings. The molecule has 0 radical (unpaired) electrons. The molecule has 2 atom stereocenters. The van der Waals surface area contributed by atoms with Gasteiger partial charge in [-0.3, -0.25) is 9.59 Å². The van der Waals surface area contributed by atoms with Gasteiger partial charge >= 0.3 is 0 Å². The number of hydrogen-bond donors (Lipinski definition) is 3. The fraction of sp³-hybridized carbons (Fsp3) is 0.429. The van der Waals surface area contributed by atoms with Gasteiger partial charge in [-0.05, 0) is 24.1 Å². The molecule has 5 N–H and O–H groups in total. The van der Waals surface area contributed by atoms with Crippen LogP contribution in [0.25, 0.3) is 0 Å². The van der Waals surface area contributed by atoms with E-state index in [0.29, 0.717) is 19.6 Å². The van der Waals surface area contributed by atoms with Gasteiger partial charge in [0.05, 0.1) is 19.3 Å². The number of phenols is 1. The molecule has 1 saturated heterocycles. The van der Waals surface area contributed by atoms with Gasteiger partial charge in [0.25, 0.3) is 0 Å². The number of rotatable bonds is 4. The molecule has 0 aliphatic carbocycles. The lowest BCUT2D eigenvalue weighted by molar-refractivity contribution is -0.148. The monoisotopic (exact) mass is 293 g/mol. The summed E-state index contributed by atoms with van der Waals surface area (Å²) in [5.74, 6) is -0.768. The van der Waals surface area contributed by atoms with E-state index in [9.17, 15) is 14.7 Å². The predicted octanol–water partition coefficient (Wildman–Crippen LogP) is -1.03. The molecule has 1 aliphatic heterocycles. The lowest BCUT2D eigenvalue weighted by atomic mass is 10.0. The van der Waals surface area contributed by atoms with Crippen molar-refractivity contribution in [2.24, 2.45) is 11.5 Å². The van der Waals surface area contributed by atoms with E-state index in [0.717, 1.165) is 5.56 Å². The third-order valence-electron chi connectivity index (χ3n) is 3.45. The van der Waals surface area contributed by atoms with Crippen LogP contribution in [0.3, 0.4) is 0 Å². The average Bonchev–Trinajstić information content (AvgIpc) is 2.48. The standard InChI is InChI=1S/C14H19N3O4/c15-11(7-9-1-3-10(18)4-2-9)14(20)17-5-6-21-8-12(17)13(16)19/h1-4,11-12,18H,5-8,15H2,(H2,16,19)/t11-,12?/m1/s1. The number of primary amides is 1. The van der Waals surface area contributed by atoms with E-state index in [1.54, 1.807) is 12.1 Å². The third kappa shape index (κ3) is 3.71. The number of nitrogens with zero attached hydrogens (tertiary/aromatic N) is 1. The van der Waals surface area contributed by atoms with Crippen LogP contribution >= 0.6 is 0 Å². The highest BCUT2D eigenvalue weighted by molar-refractivity contribution is 5.89. The van der Waals surface area contributed by atoms with E-state index in [-0.39, 0.29) is 18.3 Å². The van der Waals surface area contributed by atoms with Crippen LogP contribution in [0.5, 0.6) is 5.75 Å². The fourth-order valence-electron chi connectivity index (χ4n) is 2.29. The van der Waals surface area contributed by atoms with Crippen LogP contribution in [0.1, 0.15) is 5.56 Å². The summed E-state index contributed by atoms with van der Waals surface area (Å²) in [6.07, 6.45) is 0.321. The Bertz CT molecular complexity index is 517. The maximum absolute atomic E-state index is 12.4. The lowest BCUT2D eigenvalue weighted by Gasteiger charge is -2.35. The number of nitrogens with two attached hydrogens (primary N) is 2. The highest BCUT2D eigenvalue weighted by Crippen LogP contribution is 2.13. The minimum absolute atomic E-state index is 0.104. The Morgan fingerprint density at radius 3 is 2.67 bits per heavy atom. The maximum Gasteiger partial charge on any atom is 0.242 e. The van der Waals surface area contributed by atoms with E-state index in [1.165, 1.54) is 17.0 Å². The molecule has 114 valence electrons. The van der Waals surface area contributed by atoms with Crippen LogP contribution < -0.4 is 11.5 Å². The first-order valence-electron chi connectivity index (χ1n) is 6.70. The number of benzene rings is 1. The first-order valence-corrected chi connectivity index (χ1v) is 6.70. The third-order valence-corrected chi connectivity index (χ3v) is 3.45. The Morgan fingerprint density at radius 2 is 2.05 bits per heavy atom. The molecule has 2 amide bonds. The van der Waals surface area contributed by atoms with E-state index in [2.05, 4.69) is 0 Å². The molecule has 2 rings (SSSR count). The van der Waals surface area contributed by atoms with Crippen molar-refractivity contribution in [3.8, 4) is 5.75 Å². The van der Waals surface area contributed by atoms with Crippen molar-refractivity contribution >= 4 is 11.8 Å². The van der Waals surface area contributed by atoms with Gasteiger partial charge in [-0.15, -0.1) is 0 Å². The van der Waals surface area contributed by atoms with Crippen LogP contribution in [-0.2, 0) is 20.7 Å². The molecule has 7 nitrogen and oxygen atoms in total. The summed E-state index contributed by atoms with van der Waals surface area (Å²) < 4.78 is 5.17. The van der Waals surface area contributed by atoms with Crippen LogP contribution in [0.4, 0.5) is 0 Å². The summed E-state index contributed by atoms with van der Waals surface area (Å²) in [5, 5.41) is 9.23. The fourth-order valence-corrected chi connectivity index (χ4v) is 2.29. The number of amides is 2. The minimum Gasteiger partial charge on any atom is -0.508 e. The second-order valence-corrected chi connectivity index (χ2v) is 5.00. The summed E-state index contributed by atoms with van der Waals surface area (Å²) in [6.45, 7) is 0.768. The predicted molar refractivity (Wildman–Crippen MR) is 75.3 cm³/mol.